The predicted octanol–water partition coefficient (Wildman–Crippen LogP) is 4.76. The Labute approximate surface area is 182 Å². The molecule has 0 saturated heterocycles. The van der Waals surface area contributed by atoms with Gasteiger partial charge in [0.15, 0.2) is 12.5 Å². The van der Waals surface area contributed by atoms with E-state index >= 15 is 0 Å². The second-order valence-corrected chi connectivity index (χ2v) is 7.81. The number of benzene rings is 2. The van der Waals surface area contributed by atoms with Gasteiger partial charge >= 0.3 is 0 Å². The van der Waals surface area contributed by atoms with Crippen LogP contribution >= 0.6 is 27.5 Å². The summed E-state index contributed by atoms with van der Waals surface area (Å²) in [6.07, 6.45) is 1.95. The molecule has 0 amide bonds. The second-order valence-electron chi connectivity index (χ2n) is 6.06. The lowest BCUT2D eigenvalue weighted by atomic mass is 10.1. The molecule has 0 fully saturated rings. The Bertz CT molecular complexity index is 958. The van der Waals surface area contributed by atoms with E-state index in [2.05, 4.69) is 31.9 Å². The Balaban J connectivity index is 1.63. The van der Waals surface area contributed by atoms with Gasteiger partial charge < -0.3 is 14.4 Å². The molecule has 0 aliphatic carbocycles. The summed E-state index contributed by atoms with van der Waals surface area (Å²) in [4.78, 5) is 18.9. The molecule has 8 heteroatoms. The van der Waals surface area contributed by atoms with Gasteiger partial charge in [-0.3, -0.25) is 4.79 Å². The third kappa shape index (κ3) is 5.88. The quantitative estimate of drug-likeness (QED) is 0.240. The lowest BCUT2D eigenvalue weighted by Crippen LogP contribution is -2.29. The van der Waals surface area contributed by atoms with Crippen molar-refractivity contribution < 1.29 is 14.3 Å². The highest BCUT2D eigenvalue weighted by Gasteiger charge is 2.15. The number of halogens is 1. The van der Waals surface area contributed by atoms with Crippen molar-refractivity contribution in [2.45, 2.75) is 6.42 Å². The maximum absolute atomic E-state index is 12.5. The van der Waals surface area contributed by atoms with E-state index in [1.165, 1.54) is 11.5 Å². The number of rotatable bonds is 10. The molecule has 0 radical (unpaired) electrons. The lowest BCUT2D eigenvalue weighted by molar-refractivity contribution is 0.0993. The van der Waals surface area contributed by atoms with Crippen molar-refractivity contribution in [3.8, 4) is 11.5 Å². The van der Waals surface area contributed by atoms with Crippen molar-refractivity contribution in [2.75, 3.05) is 25.3 Å². The molecule has 0 atom stereocenters. The summed E-state index contributed by atoms with van der Waals surface area (Å²) in [5, 5.41) is 0.651. The van der Waals surface area contributed by atoms with Crippen molar-refractivity contribution in [3.63, 3.8) is 0 Å². The maximum Gasteiger partial charge on any atom is 0.240 e. The molecule has 0 bridgehead atoms. The van der Waals surface area contributed by atoms with Crippen LogP contribution in [-0.4, -0.2) is 35.5 Å². The van der Waals surface area contributed by atoms with Crippen LogP contribution in [0.1, 0.15) is 15.4 Å². The van der Waals surface area contributed by atoms with E-state index in [-0.39, 0.29) is 18.9 Å². The molecule has 29 heavy (non-hydrogen) atoms. The van der Waals surface area contributed by atoms with Crippen LogP contribution in [0.3, 0.4) is 0 Å². The Morgan fingerprint density at radius 1 is 1.17 bits per heavy atom. The Hall–Kier alpha value is -2.71. The second kappa shape index (κ2) is 10.2. The molecule has 3 aromatic rings. The average Bonchev–Trinajstić information content (AvgIpc) is 3.20. The molecule has 6 nitrogen and oxygen atoms in total. The first-order chi connectivity index (χ1) is 14.1. The number of nitrogens with zero attached hydrogens (tertiary/aromatic N) is 3. The van der Waals surface area contributed by atoms with Crippen LogP contribution in [0.4, 0.5) is 5.95 Å². The molecule has 0 saturated carbocycles. The Kier molecular flexibility index (Phi) is 7.37. The molecule has 0 aliphatic heterocycles. The fourth-order valence-electron chi connectivity index (χ4n) is 2.49. The molecule has 1 aromatic heterocycles. The van der Waals surface area contributed by atoms with Gasteiger partial charge in [0.1, 0.15) is 16.5 Å². The van der Waals surface area contributed by atoms with E-state index in [1.807, 2.05) is 29.2 Å². The minimum atomic E-state index is -0.0169. The molecule has 0 spiro atoms. The summed E-state index contributed by atoms with van der Waals surface area (Å²) in [6, 6.07) is 14.6. The fourth-order valence-corrected chi connectivity index (χ4v) is 3.42. The number of aromatic nitrogens is 2. The number of anilines is 1. The standard InChI is InChI=1S/C21H20BrN3O3S/c1-3-12-25(14-28-18-10-6-16(22)7-11-18)21-23-20(29-24-21)13-19(26)15-4-8-17(27-2)9-5-15/h3-11H,1,12-14H2,2H3. The van der Waals surface area contributed by atoms with Gasteiger partial charge in [0.2, 0.25) is 5.95 Å². The Morgan fingerprint density at radius 3 is 2.52 bits per heavy atom. The molecular weight excluding hydrogens is 454 g/mol. The van der Waals surface area contributed by atoms with E-state index < -0.39 is 0 Å². The number of ketones is 1. The monoisotopic (exact) mass is 473 g/mol. The molecular formula is C21H20BrN3O3S. The van der Waals surface area contributed by atoms with Gasteiger partial charge in [-0.05, 0) is 60.1 Å². The number of Topliss-reactive ketones (excluding diaryl/α,β-unsaturated/α-hetero) is 1. The van der Waals surface area contributed by atoms with E-state index in [4.69, 9.17) is 9.47 Å². The summed E-state index contributed by atoms with van der Waals surface area (Å²) >= 11 is 4.62. The molecule has 0 N–H and O–H groups in total. The molecule has 3 rings (SSSR count). The summed E-state index contributed by atoms with van der Waals surface area (Å²) in [5.74, 6) is 1.96. The smallest absolute Gasteiger partial charge is 0.240 e. The summed E-state index contributed by atoms with van der Waals surface area (Å²) < 4.78 is 16.3. The van der Waals surface area contributed by atoms with Crippen LogP contribution in [-0.2, 0) is 6.42 Å². The van der Waals surface area contributed by atoms with Gasteiger partial charge in [-0.1, -0.05) is 22.0 Å². The summed E-state index contributed by atoms with van der Waals surface area (Å²) in [6.45, 7) is 4.58. The maximum atomic E-state index is 12.5. The van der Waals surface area contributed by atoms with Gasteiger partial charge in [0.05, 0.1) is 13.5 Å². The SMILES string of the molecule is C=CCN(COc1ccc(Br)cc1)c1nsc(CC(=O)c2ccc(OC)cc2)n1. The first kappa shape index (κ1) is 21.0. The molecule has 150 valence electrons. The van der Waals surface area contributed by atoms with E-state index in [0.717, 1.165) is 10.2 Å². The molecule has 1 heterocycles. The van der Waals surface area contributed by atoms with Gasteiger partial charge in [0.25, 0.3) is 0 Å². The molecule has 0 unspecified atom stereocenters. The molecule has 2 aromatic carbocycles. The van der Waals surface area contributed by atoms with Crippen LogP contribution < -0.4 is 14.4 Å². The van der Waals surface area contributed by atoms with E-state index in [0.29, 0.717) is 28.8 Å². The number of methoxy groups -OCH3 is 1. The van der Waals surface area contributed by atoms with Crippen molar-refractivity contribution >= 4 is 39.2 Å². The van der Waals surface area contributed by atoms with Crippen molar-refractivity contribution in [1.29, 1.82) is 0 Å². The number of ether oxygens (including phenoxy) is 2. The number of carbonyl (C=O) groups is 1. The zero-order valence-electron chi connectivity index (χ0n) is 15.9. The third-order valence-corrected chi connectivity index (χ3v) is 5.24. The van der Waals surface area contributed by atoms with E-state index in [9.17, 15) is 4.79 Å². The number of hydrogen-bond acceptors (Lipinski definition) is 7. The van der Waals surface area contributed by atoms with Gasteiger partial charge in [-0.2, -0.15) is 4.37 Å². The first-order valence-electron chi connectivity index (χ1n) is 8.83. The first-order valence-corrected chi connectivity index (χ1v) is 10.4. The zero-order chi connectivity index (χ0) is 20.6. The third-order valence-electron chi connectivity index (χ3n) is 4.01. The largest absolute Gasteiger partial charge is 0.497 e. The highest BCUT2D eigenvalue weighted by molar-refractivity contribution is 9.10. The zero-order valence-corrected chi connectivity index (χ0v) is 18.3. The fraction of sp³-hybridized carbons (Fsp3) is 0.190. The van der Waals surface area contributed by atoms with Gasteiger partial charge in [-0.25, -0.2) is 4.98 Å². The molecule has 0 aliphatic rings. The van der Waals surface area contributed by atoms with Crippen molar-refractivity contribution in [3.05, 3.63) is 76.2 Å². The average molecular weight is 474 g/mol. The van der Waals surface area contributed by atoms with Gasteiger partial charge in [0, 0.05) is 16.6 Å². The van der Waals surface area contributed by atoms with Crippen LogP contribution in [0.25, 0.3) is 0 Å². The normalized spacial score (nSPS) is 10.4. The van der Waals surface area contributed by atoms with Crippen molar-refractivity contribution in [1.82, 2.24) is 9.36 Å². The topological polar surface area (TPSA) is 64.5 Å². The minimum absolute atomic E-state index is 0.0169. The van der Waals surface area contributed by atoms with Gasteiger partial charge in [-0.15, -0.1) is 6.58 Å². The summed E-state index contributed by atoms with van der Waals surface area (Å²) in [5.41, 5.74) is 0.615. The van der Waals surface area contributed by atoms with Crippen LogP contribution in [0.5, 0.6) is 11.5 Å². The van der Waals surface area contributed by atoms with Crippen molar-refractivity contribution in [2.24, 2.45) is 0 Å². The number of hydrogen-bond donors (Lipinski definition) is 0. The predicted molar refractivity (Wildman–Crippen MR) is 118 cm³/mol. The number of carbonyl (C=O) groups excluding carboxylic acids is 1. The van der Waals surface area contributed by atoms with E-state index in [1.54, 1.807) is 37.5 Å². The lowest BCUT2D eigenvalue weighted by Gasteiger charge is -2.19. The minimum Gasteiger partial charge on any atom is -0.497 e. The highest BCUT2D eigenvalue weighted by Crippen LogP contribution is 2.20. The van der Waals surface area contributed by atoms with Crippen LogP contribution in [0, 0.1) is 0 Å². The highest BCUT2D eigenvalue weighted by atomic mass is 79.9. The summed E-state index contributed by atoms with van der Waals surface area (Å²) in [7, 11) is 1.59. The van der Waals surface area contributed by atoms with Crippen LogP contribution in [0.2, 0.25) is 0 Å². The van der Waals surface area contributed by atoms with Crippen LogP contribution in [0.15, 0.2) is 65.7 Å². The Morgan fingerprint density at radius 2 is 1.86 bits per heavy atom.